The Bertz CT molecular complexity index is 517. The third-order valence-corrected chi connectivity index (χ3v) is 2.84. The van der Waals surface area contributed by atoms with E-state index in [4.69, 9.17) is 5.73 Å². The molecule has 1 nitrogen and oxygen atoms in total. The molecule has 0 fully saturated rings. The number of thiol groups is 1. The van der Waals surface area contributed by atoms with Gasteiger partial charge in [0.2, 0.25) is 0 Å². The molecule has 82 valence electrons. The number of fused-ring (bicyclic) bond motifs is 1. The highest BCUT2D eigenvalue weighted by Crippen LogP contribution is 2.25. The molecule has 0 aliphatic rings. The van der Waals surface area contributed by atoms with Gasteiger partial charge in [-0.2, -0.15) is 12.6 Å². The molecule has 2 heteroatoms. The lowest BCUT2D eigenvalue weighted by atomic mass is 10.0. The van der Waals surface area contributed by atoms with E-state index in [1.807, 2.05) is 18.2 Å². The van der Waals surface area contributed by atoms with Gasteiger partial charge in [0, 0.05) is 11.1 Å². The van der Waals surface area contributed by atoms with Gasteiger partial charge in [-0.05, 0) is 29.2 Å². The normalized spacial score (nSPS) is 11.3. The Morgan fingerprint density at radius 3 is 2.56 bits per heavy atom. The fraction of sp³-hybridized carbons (Fsp3) is 0.143. The second kappa shape index (κ2) is 5.08. The molecule has 2 rings (SSSR count). The van der Waals surface area contributed by atoms with Gasteiger partial charge in [-0.25, -0.2) is 0 Å². The average Bonchev–Trinajstić information content (AvgIpc) is 2.33. The van der Waals surface area contributed by atoms with Gasteiger partial charge < -0.3 is 5.73 Å². The van der Waals surface area contributed by atoms with Crippen LogP contribution in [0.2, 0.25) is 0 Å². The number of benzene rings is 2. The number of nitrogen functional groups attached to an aromatic ring is 1. The van der Waals surface area contributed by atoms with Crippen molar-refractivity contribution in [1.29, 1.82) is 0 Å². The summed E-state index contributed by atoms with van der Waals surface area (Å²) in [4.78, 5) is 0. The molecule has 2 aromatic carbocycles. The van der Waals surface area contributed by atoms with Crippen LogP contribution < -0.4 is 5.73 Å². The molecule has 0 amide bonds. The van der Waals surface area contributed by atoms with E-state index in [1.54, 1.807) is 0 Å². The van der Waals surface area contributed by atoms with Crippen LogP contribution in [0.15, 0.2) is 42.5 Å². The Kier molecular flexibility index (Phi) is 3.52. The van der Waals surface area contributed by atoms with Gasteiger partial charge in [0.1, 0.15) is 0 Å². The fourth-order valence-electron chi connectivity index (χ4n) is 1.78. The first-order valence-corrected chi connectivity index (χ1v) is 6.01. The molecule has 0 unspecified atom stereocenters. The number of allylic oxidation sites excluding steroid dienone is 1. The molecule has 16 heavy (non-hydrogen) atoms. The van der Waals surface area contributed by atoms with E-state index in [2.05, 4.69) is 43.0 Å². The highest BCUT2D eigenvalue weighted by Gasteiger charge is 2.00. The van der Waals surface area contributed by atoms with Crippen molar-refractivity contribution in [2.45, 2.75) is 6.42 Å². The minimum absolute atomic E-state index is 0.835. The number of rotatable bonds is 3. The Labute approximate surface area is 101 Å². The van der Waals surface area contributed by atoms with Crippen LogP contribution >= 0.6 is 12.6 Å². The first-order chi connectivity index (χ1) is 7.83. The van der Waals surface area contributed by atoms with Crippen LogP contribution in [0.1, 0.15) is 12.0 Å². The number of hydrogen-bond acceptors (Lipinski definition) is 2. The van der Waals surface area contributed by atoms with Gasteiger partial charge in [0.15, 0.2) is 0 Å². The first-order valence-electron chi connectivity index (χ1n) is 5.37. The van der Waals surface area contributed by atoms with Crippen LogP contribution in [0.25, 0.3) is 16.8 Å². The Morgan fingerprint density at radius 1 is 1.06 bits per heavy atom. The molecule has 0 atom stereocenters. The van der Waals surface area contributed by atoms with E-state index in [1.165, 1.54) is 10.9 Å². The quantitative estimate of drug-likeness (QED) is 0.608. The monoisotopic (exact) mass is 229 g/mol. The van der Waals surface area contributed by atoms with Crippen molar-refractivity contribution in [3.8, 4) is 0 Å². The maximum atomic E-state index is 5.94. The van der Waals surface area contributed by atoms with E-state index in [-0.39, 0.29) is 0 Å². The maximum Gasteiger partial charge on any atom is 0.0394 e. The van der Waals surface area contributed by atoms with Crippen LogP contribution in [0.4, 0.5) is 5.69 Å². The van der Waals surface area contributed by atoms with E-state index in [0.29, 0.717) is 0 Å². The zero-order valence-corrected chi connectivity index (χ0v) is 9.95. The van der Waals surface area contributed by atoms with Crippen molar-refractivity contribution in [3.05, 3.63) is 48.0 Å². The van der Waals surface area contributed by atoms with Gasteiger partial charge >= 0.3 is 0 Å². The highest BCUT2D eigenvalue weighted by atomic mass is 32.1. The molecule has 0 heterocycles. The molecule has 0 aliphatic carbocycles. The third-order valence-electron chi connectivity index (χ3n) is 2.58. The molecule has 0 aromatic heterocycles. The van der Waals surface area contributed by atoms with Crippen molar-refractivity contribution in [2.24, 2.45) is 0 Å². The molecule has 0 saturated heterocycles. The van der Waals surface area contributed by atoms with Crippen molar-refractivity contribution in [1.82, 2.24) is 0 Å². The molecule has 0 spiro atoms. The lowest BCUT2D eigenvalue weighted by molar-refractivity contribution is 1.26. The summed E-state index contributed by atoms with van der Waals surface area (Å²) >= 11 is 4.19. The Hall–Kier alpha value is -1.41. The van der Waals surface area contributed by atoms with E-state index >= 15 is 0 Å². The summed E-state index contributed by atoms with van der Waals surface area (Å²) in [6.45, 7) is 0. The van der Waals surface area contributed by atoms with Crippen molar-refractivity contribution < 1.29 is 0 Å². The first kappa shape index (κ1) is 11.1. The zero-order valence-electron chi connectivity index (χ0n) is 9.06. The lowest BCUT2D eigenvalue weighted by Gasteiger charge is -2.05. The molecule has 0 bridgehead atoms. The zero-order chi connectivity index (χ0) is 11.4. The largest absolute Gasteiger partial charge is 0.398 e. The van der Waals surface area contributed by atoms with E-state index in [9.17, 15) is 0 Å². The number of anilines is 1. The predicted molar refractivity (Wildman–Crippen MR) is 75.9 cm³/mol. The number of nitrogens with two attached hydrogens (primary N) is 1. The number of hydrogen-bond donors (Lipinski definition) is 2. The van der Waals surface area contributed by atoms with Crippen molar-refractivity contribution in [3.63, 3.8) is 0 Å². The lowest BCUT2D eigenvalue weighted by Crippen LogP contribution is -1.88. The summed E-state index contributed by atoms with van der Waals surface area (Å²) in [5.41, 5.74) is 7.99. The molecule has 2 aromatic rings. The van der Waals surface area contributed by atoms with Gasteiger partial charge in [-0.3, -0.25) is 0 Å². The second-order valence-electron chi connectivity index (χ2n) is 3.70. The van der Waals surface area contributed by atoms with Crippen LogP contribution in [-0.4, -0.2) is 5.75 Å². The van der Waals surface area contributed by atoms with Crippen LogP contribution in [0.3, 0.4) is 0 Å². The SMILES string of the molecule is Nc1ccc(C=CCCS)c2ccccc12. The van der Waals surface area contributed by atoms with Gasteiger partial charge in [-0.15, -0.1) is 0 Å². The van der Waals surface area contributed by atoms with Crippen molar-refractivity contribution >= 4 is 35.2 Å². The van der Waals surface area contributed by atoms with Gasteiger partial charge in [0.25, 0.3) is 0 Å². The van der Waals surface area contributed by atoms with E-state index in [0.717, 1.165) is 23.2 Å². The Balaban J connectivity index is 2.50. The molecule has 0 aliphatic heterocycles. The fourth-order valence-corrected chi connectivity index (χ4v) is 1.92. The summed E-state index contributed by atoms with van der Waals surface area (Å²) in [6, 6.07) is 12.2. The molecule has 0 saturated carbocycles. The smallest absolute Gasteiger partial charge is 0.0394 e. The minimum atomic E-state index is 0.835. The van der Waals surface area contributed by atoms with Crippen LogP contribution in [0, 0.1) is 0 Å². The molecule has 2 N–H and O–H groups in total. The summed E-state index contributed by atoms with van der Waals surface area (Å²) in [6.07, 6.45) is 5.27. The molecule has 0 radical (unpaired) electrons. The van der Waals surface area contributed by atoms with Crippen LogP contribution in [0.5, 0.6) is 0 Å². The Morgan fingerprint density at radius 2 is 1.81 bits per heavy atom. The molecular formula is C14H15NS. The highest BCUT2D eigenvalue weighted by molar-refractivity contribution is 7.80. The standard InChI is InChI=1S/C14H15NS/c15-14-9-8-11(5-3-4-10-16)12-6-1-2-7-13(12)14/h1-3,5-9,16H,4,10,15H2. The summed E-state index contributed by atoms with van der Waals surface area (Å²) in [5.74, 6) is 0.878. The van der Waals surface area contributed by atoms with E-state index < -0.39 is 0 Å². The predicted octanol–water partition coefficient (Wildman–Crippen LogP) is 3.76. The second-order valence-corrected chi connectivity index (χ2v) is 4.15. The van der Waals surface area contributed by atoms with Crippen LogP contribution in [-0.2, 0) is 0 Å². The maximum absolute atomic E-state index is 5.94. The van der Waals surface area contributed by atoms with Crippen molar-refractivity contribution in [2.75, 3.05) is 11.5 Å². The summed E-state index contributed by atoms with van der Waals surface area (Å²) in [5, 5.41) is 2.33. The topological polar surface area (TPSA) is 26.0 Å². The minimum Gasteiger partial charge on any atom is -0.398 e. The summed E-state index contributed by atoms with van der Waals surface area (Å²) < 4.78 is 0. The van der Waals surface area contributed by atoms with Gasteiger partial charge in [-0.1, -0.05) is 42.5 Å². The average molecular weight is 229 g/mol. The van der Waals surface area contributed by atoms with Gasteiger partial charge in [0.05, 0.1) is 0 Å². The third kappa shape index (κ3) is 2.22. The summed E-state index contributed by atoms with van der Waals surface area (Å²) in [7, 11) is 0. The molecular weight excluding hydrogens is 214 g/mol.